The van der Waals surface area contributed by atoms with Gasteiger partial charge in [0, 0.05) is 12.2 Å². The Hall–Kier alpha value is -0.720. The third kappa shape index (κ3) is 2.18. The van der Waals surface area contributed by atoms with E-state index in [1.165, 1.54) is 6.07 Å². The zero-order chi connectivity index (χ0) is 11.8. The molecule has 0 aliphatic carbocycles. The zero-order valence-electron chi connectivity index (χ0n) is 8.77. The van der Waals surface area contributed by atoms with Crippen LogP contribution in [0.5, 0.6) is 0 Å². The molecule has 7 heteroatoms. The van der Waals surface area contributed by atoms with Crippen LogP contribution in [0.2, 0.25) is 5.15 Å². The Balaban J connectivity index is 2.42. The Morgan fingerprint density at radius 2 is 2.25 bits per heavy atom. The molecule has 1 aliphatic heterocycles. The average molecular weight is 262 g/mol. The summed E-state index contributed by atoms with van der Waals surface area (Å²) < 4.78 is 24.2. The van der Waals surface area contributed by atoms with Crippen molar-refractivity contribution in [2.75, 3.05) is 13.1 Å². The van der Waals surface area contributed by atoms with Crippen LogP contribution in [0.4, 0.5) is 0 Å². The Labute approximate surface area is 99.2 Å². The second kappa shape index (κ2) is 4.27. The van der Waals surface area contributed by atoms with Crippen molar-refractivity contribution in [1.29, 1.82) is 0 Å². The molecule has 1 aromatic rings. The first kappa shape index (κ1) is 11.8. The van der Waals surface area contributed by atoms with Crippen molar-refractivity contribution in [2.45, 2.75) is 23.8 Å². The molecule has 0 aromatic carbocycles. The van der Waals surface area contributed by atoms with E-state index in [2.05, 4.69) is 15.3 Å². The SMILES string of the molecule is Cc1cc(Cl)nc(S(=O)(=O)[C@H]2CCNC2)n1. The summed E-state index contributed by atoms with van der Waals surface area (Å²) in [6, 6.07) is 1.54. The van der Waals surface area contributed by atoms with Crippen LogP contribution in [0.25, 0.3) is 0 Å². The first-order valence-electron chi connectivity index (χ1n) is 4.96. The molecular weight excluding hydrogens is 250 g/mol. The van der Waals surface area contributed by atoms with E-state index in [0.29, 0.717) is 25.2 Å². The van der Waals surface area contributed by atoms with Gasteiger partial charge in [-0.3, -0.25) is 0 Å². The monoisotopic (exact) mass is 261 g/mol. The summed E-state index contributed by atoms with van der Waals surface area (Å²) in [5.74, 6) is 0. The fourth-order valence-corrected chi connectivity index (χ4v) is 3.52. The molecule has 1 fully saturated rings. The summed E-state index contributed by atoms with van der Waals surface area (Å²) in [6.07, 6.45) is 0.594. The third-order valence-corrected chi connectivity index (χ3v) is 4.68. The third-order valence-electron chi connectivity index (χ3n) is 2.51. The molecule has 0 bridgehead atoms. The predicted octanol–water partition coefficient (Wildman–Crippen LogP) is 0.574. The molecule has 0 amide bonds. The highest BCUT2D eigenvalue weighted by Gasteiger charge is 2.32. The Morgan fingerprint density at radius 3 is 2.81 bits per heavy atom. The van der Waals surface area contributed by atoms with Gasteiger partial charge in [0.05, 0.1) is 5.25 Å². The smallest absolute Gasteiger partial charge is 0.249 e. The number of sulfone groups is 1. The number of aromatic nitrogens is 2. The lowest BCUT2D eigenvalue weighted by molar-refractivity contribution is 0.573. The number of hydrogen-bond donors (Lipinski definition) is 1. The minimum atomic E-state index is -3.45. The molecule has 0 unspecified atom stereocenters. The fourth-order valence-electron chi connectivity index (χ4n) is 1.67. The van der Waals surface area contributed by atoms with E-state index in [1.807, 2.05) is 0 Å². The van der Waals surface area contributed by atoms with E-state index < -0.39 is 15.1 Å². The average Bonchev–Trinajstić information content (AvgIpc) is 2.69. The second-order valence-corrected chi connectivity index (χ2v) is 6.28. The van der Waals surface area contributed by atoms with Gasteiger partial charge in [0.1, 0.15) is 5.15 Å². The van der Waals surface area contributed by atoms with Gasteiger partial charge in [0.2, 0.25) is 15.0 Å². The Morgan fingerprint density at radius 1 is 1.50 bits per heavy atom. The first-order valence-corrected chi connectivity index (χ1v) is 6.88. The number of rotatable bonds is 2. The Kier molecular flexibility index (Phi) is 3.14. The van der Waals surface area contributed by atoms with Crippen molar-refractivity contribution in [1.82, 2.24) is 15.3 Å². The van der Waals surface area contributed by atoms with E-state index in [9.17, 15) is 8.42 Å². The number of aryl methyl sites for hydroxylation is 1. The van der Waals surface area contributed by atoms with E-state index in [-0.39, 0.29) is 10.3 Å². The van der Waals surface area contributed by atoms with E-state index in [4.69, 9.17) is 11.6 Å². The highest BCUT2D eigenvalue weighted by atomic mass is 35.5. The van der Waals surface area contributed by atoms with Gasteiger partial charge in [-0.1, -0.05) is 11.6 Å². The molecule has 0 saturated carbocycles. The van der Waals surface area contributed by atoms with Crippen LogP contribution in [0.15, 0.2) is 11.2 Å². The first-order chi connectivity index (χ1) is 7.50. The maximum atomic E-state index is 12.1. The summed E-state index contributed by atoms with van der Waals surface area (Å²) in [5.41, 5.74) is 0.560. The summed E-state index contributed by atoms with van der Waals surface area (Å²) in [6.45, 7) is 2.86. The van der Waals surface area contributed by atoms with Crippen molar-refractivity contribution < 1.29 is 8.42 Å². The van der Waals surface area contributed by atoms with Crippen molar-refractivity contribution in [2.24, 2.45) is 0 Å². The molecule has 1 aliphatic rings. The van der Waals surface area contributed by atoms with Gasteiger partial charge in [-0.2, -0.15) is 0 Å². The lowest BCUT2D eigenvalue weighted by Gasteiger charge is -2.09. The van der Waals surface area contributed by atoms with Crippen molar-refractivity contribution in [3.8, 4) is 0 Å². The van der Waals surface area contributed by atoms with Crippen LogP contribution >= 0.6 is 11.6 Å². The van der Waals surface area contributed by atoms with E-state index in [0.717, 1.165) is 0 Å². The van der Waals surface area contributed by atoms with Crippen LogP contribution in [0.1, 0.15) is 12.1 Å². The van der Waals surface area contributed by atoms with Gasteiger partial charge in [-0.05, 0) is 26.0 Å². The molecule has 88 valence electrons. The van der Waals surface area contributed by atoms with Gasteiger partial charge in [-0.15, -0.1) is 0 Å². The quantitative estimate of drug-likeness (QED) is 0.623. The van der Waals surface area contributed by atoms with E-state index >= 15 is 0 Å². The van der Waals surface area contributed by atoms with Crippen molar-refractivity contribution in [3.63, 3.8) is 0 Å². The summed E-state index contributed by atoms with van der Waals surface area (Å²) in [4.78, 5) is 7.73. The molecule has 0 spiro atoms. The topological polar surface area (TPSA) is 72.0 Å². The highest BCUT2D eigenvalue weighted by molar-refractivity contribution is 7.91. The largest absolute Gasteiger partial charge is 0.315 e. The highest BCUT2D eigenvalue weighted by Crippen LogP contribution is 2.19. The van der Waals surface area contributed by atoms with E-state index in [1.54, 1.807) is 6.92 Å². The van der Waals surface area contributed by atoms with Gasteiger partial charge in [0.25, 0.3) is 0 Å². The minimum Gasteiger partial charge on any atom is -0.315 e. The summed E-state index contributed by atoms with van der Waals surface area (Å²) in [5, 5.41) is 2.57. The molecule has 5 nitrogen and oxygen atoms in total. The molecule has 2 heterocycles. The van der Waals surface area contributed by atoms with Gasteiger partial charge in [-0.25, -0.2) is 18.4 Å². The van der Waals surface area contributed by atoms with Crippen LogP contribution in [-0.2, 0) is 9.84 Å². The molecular formula is C9H12ClN3O2S. The standard InChI is InChI=1S/C9H12ClN3O2S/c1-6-4-8(10)13-9(12-6)16(14,15)7-2-3-11-5-7/h4,7,11H,2-3,5H2,1H3/t7-/m0/s1. The minimum absolute atomic E-state index is 0.161. The van der Waals surface area contributed by atoms with Crippen LogP contribution < -0.4 is 5.32 Å². The lowest BCUT2D eigenvalue weighted by Crippen LogP contribution is -2.25. The van der Waals surface area contributed by atoms with Crippen LogP contribution in [-0.4, -0.2) is 36.7 Å². The van der Waals surface area contributed by atoms with Crippen molar-refractivity contribution >= 4 is 21.4 Å². The second-order valence-electron chi connectivity index (χ2n) is 3.77. The molecule has 2 rings (SSSR count). The van der Waals surface area contributed by atoms with Crippen LogP contribution in [0, 0.1) is 6.92 Å². The number of hydrogen-bond acceptors (Lipinski definition) is 5. The number of halogens is 1. The summed E-state index contributed by atoms with van der Waals surface area (Å²) in [7, 11) is -3.45. The predicted molar refractivity (Wildman–Crippen MR) is 60.2 cm³/mol. The van der Waals surface area contributed by atoms with Gasteiger partial charge >= 0.3 is 0 Å². The normalized spacial score (nSPS) is 21.2. The van der Waals surface area contributed by atoms with Crippen molar-refractivity contribution in [3.05, 3.63) is 16.9 Å². The Bertz CT molecular complexity index is 477. The van der Waals surface area contributed by atoms with Gasteiger partial charge in [0.15, 0.2) is 0 Å². The molecule has 1 atom stereocenters. The molecule has 16 heavy (non-hydrogen) atoms. The summed E-state index contributed by atoms with van der Waals surface area (Å²) >= 11 is 5.73. The molecule has 1 aromatic heterocycles. The fraction of sp³-hybridized carbons (Fsp3) is 0.556. The molecule has 1 N–H and O–H groups in total. The number of nitrogens with zero attached hydrogens (tertiary/aromatic N) is 2. The maximum absolute atomic E-state index is 12.1. The maximum Gasteiger partial charge on any atom is 0.249 e. The molecule has 0 radical (unpaired) electrons. The lowest BCUT2D eigenvalue weighted by atomic mass is 10.4. The number of nitrogens with one attached hydrogen (secondary N) is 1. The molecule has 1 saturated heterocycles. The van der Waals surface area contributed by atoms with Gasteiger partial charge < -0.3 is 5.32 Å². The van der Waals surface area contributed by atoms with Crippen LogP contribution in [0.3, 0.4) is 0 Å². The zero-order valence-corrected chi connectivity index (χ0v) is 10.3.